The average molecular weight is 474 g/mol. The Balaban J connectivity index is 2.32. The maximum atomic E-state index is 14.1. The molecule has 0 fully saturated rings. The van der Waals surface area contributed by atoms with Crippen molar-refractivity contribution in [1.29, 1.82) is 0 Å². The zero-order chi connectivity index (χ0) is 25.0. The average Bonchev–Trinajstić information content (AvgIpc) is 3.02. The first-order chi connectivity index (χ1) is 16.2. The van der Waals surface area contributed by atoms with Gasteiger partial charge in [0, 0.05) is 18.4 Å². The lowest BCUT2D eigenvalue weighted by molar-refractivity contribution is -0.144. The Labute approximate surface area is 196 Å². The molecule has 0 saturated heterocycles. The van der Waals surface area contributed by atoms with Gasteiger partial charge in [-0.15, -0.1) is 0 Å². The highest BCUT2D eigenvalue weighted by molar-refractivity contribution is 6.23. The van der Waals surface area contributed by atoms with Gasteiger partial charge in [-0.2, -0.15) is 0 Å². The summed E-state index contributed by atoms with van der Waals surface area (Å²) in [7, 11) is 2.62. The number of benzene rings is 1. The molecule has 2 heterocycles. The number of methoxy groups -OCH3 is 2. The topological polar surface area (TPSA) is 144 Å². The Kier molecular flexibility index (Phi) is 7.26. The Hall–Kier alpha value is -3.86. The highest BCUT2D eigenvalue weighted by Gasteiger charge is 2.64. The summed E-state index contributed by atoms with van der Waals surface area (Å²) < 4.78 is 25.7. The molecule has 0 aromatic heterocycles. The number of anilines is 1. The number of hydrogen-bond acceptors (Lipinski definition) is 10. The van der Waals surface area contributed by atoms with E-state index >= 15 is 0 Å². The number of hydrogen-bond donors (Lipinski definition) is 1. The quantitative estimate of drug-likeness (QED) is 0.324. The fraction of sp³-hybridized carbons (Fsp3) is 0.391. The van der Waals surface area contributed by atoms with Gasteiger partial charge in [0.2, 0.25) is 11.8 Å². The fourth-order valence-electron chi connectivity index (χ4n) is 4.17. The summed E-state index contributed by atoms with van der Waals surface area (Å²) in [4.78, 5) is 53.9. The van der Waals surface area contributed by atoms with E-state index in [-0.39, 0.29) is 42.3 Å². The van der Waals surface area contributed by atoms with Crippen molar-refractivity contribution in [2.75, 3.05) is 45.5 Å². The number of para-hydroxylation sites is 1. The molecule has 2 N–H and O–H groups in total. The van der Waals surface area contributed by atoms with Gasteiger partial charge in [0.15, 0.2) is 0 Å². The van der Waals surface area contributed by atoms with E-state index in [1.165, 1.54) is 21.1 Å². The monoisotopic (exact) mass is 474 g/mol. The van der Waals surface area contributed by atoms with Crippen LogP contribution in [0.4, 0.5) is 5.69 Å². The van der Waals surface area contributed by atoms with E-state index in [0.717, 1.165) is 4.90 Å². The van der Waals surface area contributed by atoms with Crippen molar-refractivity contribution in [3.63, 3.8) is 0 Å². The lowest BCUT2D eigenvalue weighted by atomic mass is 9.67. The molecule has 1 atom stereocenters. The number of rotatable bonds is 8. The molecular weight excluding hydrogens is 448 g/mol. The van der Waals surface area contributed by atoms with Gasteiger partial charge in [-0.3, -0.25) is 14.5 Å². The van der Waals surface area contributed by atoms with Crippen LogP contribution >= 0.6 is 0 Å². The Bertz CT molecular complexity index is 1090. The van der Waals surface area contributed by atoms with Crippen LogP contribution in [0, 0.1) is 0 Å². The third kappa shape index (κ3) is 3.87. The summed E-state index contributed by atoms with van der Waals surface area (Å²) in [5.41, 5.74) is 3.98. The first kappa shape index (κ1) is 24.8. The summed E-state index contributed by atoms with van der Waals surface area (Å²) in [6, 6.07) is 6.44. The van der Waals surface area contributed by atoms with Crippen LogP contribution in [0.1, 0.15) is 19.4 Å². The van der Waals surface area contributed by atoms with Crippen LogP contribution in [0.5, 0.6) is 0 Å². The van der Waals surface area contributed by atoms with Crippen molar-refractivity contribution in [3.8, 4) is 0 Å². The van der Waals surface area contributed by atoms with Crippen LogP contribution in [-0.2, 0) is 48.3 Å². The SMILES string of the molecule is CCOC(=O)C1=C(N)OC(C)=C(C(=O)OCCOC)[C@@]12C(=O)N(CC(=O)OC)c1ccccc12. The highest BCUT2D eigenvalue weighted by atomic mass is 16.6. The second-order valence-electron chi connectivity index (χ2n) is 7.36. The maximum Gasteiger partial charge on any atom is 0.341 e. The van der Waals surface area contributed by atoms with Crippen LogP contribution in [0.25, 0.3) is 0 Å². The van der Waals surface area contributed by atoms with Gasteiger partial charge in [-0.1, -0.05) is 18.2 Å². The normalized spacial score (nSPS) is 19.2. The Morgan fingerprint density at radius 1 is 1.06 bits per heavy atom. The number of esters is 3. The van der Waals surface area contributed by atoms with Gasteiger partial charge in [0.1, 0.15) is 35.5 Å². The van der Waals surface area contributed by atoms with Crippen LogP contribution in [-0.4, -0.2) is 64.4 Å². The van der Waals surface area contributed by atoms with Crippen LogP contribution < -0.4 is 10.6 Å². The molecule has 1 aromatic rings. The first-order valence-electron chi connectivity index (χ1n) is 10.5. The molecule has 2 aliphatic rings. The zero-order valence-electron chi connectivity index (χ0n) is 19.3. The largest absolute Gasteiger partial charge is 0.468 e. The number of nitrogens with zero attached hydrogens (tertiary/aromatic N) is 1. The first-order valence-corrected chi connectivity index (χ1v) is 10.5. The van der Waals surface area contributed by atoms with Crippen LogP contribution in [0.15, 0.2) is 47.1 Å². The van der Waals surface area contributed by atoms with E-state index < -0.39 is 41.7 Å². The number of amides is 1. The molecule has 11 heteroatoms. The smallest absolute Gasteiger partial charge is 0.341 e. The number of ether oxygens (including phenoxy) is 5. The van der Waals surface area contributed by atoms with E-state index in [4.69, 9.17) is 29.4 Å². The second-order valence-corrected chi connectivity index (χ2v) is 7.36. The predicted molar refractivity (Wildman–Crippen MR) is 117 cm³/mol. The van der Waals surface area contributed by atoms with Gasteiger partial charge in [0.25, 0.3) is 0 Å². The molecule has 0 saturated carbocycles. The Morgan fingerprint density at radius 3 is 2.38 bits per heavy atom. The van der Waals surface area contributed by atoms with Gasteiger partial charge >= 0.3 is 17.9 Å². The fourth-order valence-corrected chi connectivity index (χ4v) is 4.17. The minimum absolute atomic E-state index is 0.0241. The van der Waals surface area contributed by atoms with Crippen molar-refractivity contribution >= 4 is 29.5 Å². The van der Waals surface area contributed by atoms with Crippen molar-refractivity contribution in [3.05, 3.63) is 52.6 Å². The third-order valence-corrected chi connectivity index (χ3v) is 5.50. The van der Waals surface area contributed by atoms with Crippen LogP contribution in [0.2, 0.25) is 0 Å². The zero-order valence-corrected chi connectivity index (χ0v) is 19.3. The van der Waals surface area contributed by atoms with Crippen molar-refractivity contribution in [2.24, 2.45) is 5.73 Å². The summed E-state index contributed by atoms with van der Waals surface area (Å²) in [6.45, 7) is 2.52. The molecule has 1 spiro atoms. The second kappa shape index (κ2) is 9.96. The lowest BCUT2D eigenvalue weighted by Crippen LogP contribution is -2.51. The number of nitrogens with two attached hydrogens (primary N) is 1. The third-order valence-electron chi connectivity index (χ3n) is 5.50. The molecule has 0 unspecified atom stereocenters. The molecule has 1 aromatic carbocycles. The summed E-state index contributed by atoms with van der Waals surface area (Å²) in [6.07, 6.45) is 0. The standard InChI is InChI=1S/C23H26N2O9/c1-5-32-21(28)18-19(24)34-13(2)17(20(27)33-11-10-30-3)23(18)14-8-6-7-9-15(14)25(22(23)29)12-16(26)31-4/h6-9H,5,10-12,24H2,1-4H3/t23-/m1/s1. The number of carbonyl (C=O) groups is 4. The van der Waals surface area contributed by atoms with Gasteiger partial charge in [-0.05, 0) is 19.9 Å². The van der Waals surface area contributed by atoms with E-state index in [1.807, 2.05) is 0 Å². The maximum absolute atomic E-state index is 14.1. The van der Waals surface area contributed by atoms with E-state index in [2.05, 4.69) is 0 Å². The van der Waals surface area contributed by atoms with Gasteiger partial charge in [0.05, 0.1) is 20.3 Å². The Morgan fingerprint density at radius 2 is 1.74 bits per heavy atom. The van der Waals surface area contributed by atoms with Crippen molar-refractivity contribution < 1.29 is 42.9 Å². The van der Waals surface area contributed by atoms with Gasteiger partial charge in [-0.25, -0.2) is 9.59 Å². The minimum Gasteiger partial charge on any atom is -0.468 e. The number of fused-ring (bicyclic) bond motifs is 2. The lowest BCUT2D eigenvalue weighted by Gasteiger charge is -2.36. The molecule has 0 aliphatic carbocycles. The van der Waals surface area contributed by atoms with E-state index in [9.17, 15) is 19.2 Å². The molecule has 182 valence electrons. The van der Waals surface area contributed by atoms with Crippen molar-refractivity contribution in [1.82, 2.24) is 0 Å². The molecule has 11 nitrogen and oxygen atoms in total. The van der Waals surface area contributed by atoms with Gasteiger partial charge < -0.3 is 29.4 Å². The van der Waals surface area contributed by atoms with E-state index in [0.29, 0.717) is 5.69 Å². The van der Waals surface area contributed by atoms with Crippen molar-refractivity contribution in [2.45, 2.75) is 19.3 Å². The molecule has 0 bridgehead atoms. The number of allylic oxidation sites excluding steroid dienone is 1. The molecule has 0 radical (unpaired) electrons. The molecule has 34 heavy (non-hydrogen) atoms. The molecule has 1 amide bonds. The summed E-state index contributed by atoms with van der Waals surface area (Å²) in [5.74, 6) is -3.76. The van der Waals surface area contributed by atoms with E-state index in [1.54, 1.807) is 31.2 Å². The predicted octanol–water partition coefficient (Wildman–Crippen LogP) is 0.671. The number of carbonyl (C=O) groups excluding carboxylic acids is 4. The molecular formula is C23H26N2O9. The highest BCUT2D eigenvalue weighted by Crippen LogP contribution is 2.54. The molecule has 2 aliphatic heterocycles. The minimum atomic E-state index is -2.06. The summed E-state index contributed by atoms with van der Waals surface area (Å²) >= 11 is 0. The molecule has 3 rings (SSSR count). The van der Waals surface area contributed by atoms with Crippen LogP contribution in [0.3, 0.4) is 0 Å². The summed E-state index contributed by atoms with van der Waals surface area (Å²) in [5, 5.41) is 0.